The first-order chi connectivity index (χ1) is 12.6. The van der Waals surface area contributed by atoms with E-state index in [9.17, 15) is 9.59 Å². The van der Waals surface area contributed by atoms with Gasteiger partial charge in [-0.3, -0.25) is 14.2 Å². The summed E-state index contributed by atoms with van der Waals surface area (Å²) in [5, 5.41) is 4.13. The summed E-state index contributed by atoms with van der Waals surface area (Å²) in [6.07, 6.45) is 3.55. The van der Waals surface area contributed by atoms with Gasteiger partial charge in [-0.05, 0) is 44.0 Å². The molecule has 0 aliphatic heterocycles. The number of thioether (sulfide) groups is 1. The van der Waals surface area contributed by atoms with E-state index < -0.39 is 0 Å². The number of amides is 1. The number of para-hydroxylation sites is 1. The molecule has 26 heavy (non-hydrogen) atoms. The largest absolute Gasteiger partial charge is 0.467 e. The molecule has 0 saturated heterocycles. The van der Waals surface area contributed by atoms with Crippen molar-refractivity contribution in [2.24, 2.45) is 0 Å². The maximum Gasteiger partial charge on any atom is 0.262 e. The lowest BCUT2D eigenvalue weighted by molar-refractivity contribution is -0.119. The molecule has 6 nitrogen and oxygen atoms in total. The predicted octanol–water partition coefficient (Wildman–Crippen LogP) is 3.29. The van der Waals surface area contributed by atoms with Gasteiger partial charge in [0, 0.05) is 6.04 Å². The second-order valence-electron chi connectivity index (χ2n) is 6.41. The van der Waals surface area contributed by atoms with Crippen LogP contribution in [0.5, 0.6) is 0 Å². The van der Waals surface area contributed by atoms with Crippen LogP contribution in [0.2, 0.25) is 0 Å². The van der Waals surface area contributed by atoms with E-state index in [0.29, 0.717) is 21.8 Å². The number of carbonyl (C=O) groups is 1. The molecule has 4 rings (SSSR count). The van der Waals surface area contributed by atoms with Crippen LogP contribution in [0.25, 0.3) is 10.9 Å². The highest BCUT2D eigenvalue weighted by molar-refractivity contribution is 7.99. The standard InChI is InChI=1S/C19H19N3O3S/c1-12(16-7-4-10-25-16)20-17(23)11-26-19-21-15-6-3-2-5-14(15)18(24)22(19)13-8-9-13/h2-7,10,12-13H,8-9,11H2,1H3,(H,20,23). The third-order valence-corrected chi connectivity index (χ3v) is 5.32. The van der Waals surface area contributed by atoms with Gasteiger partial charge in [-0.2, -0.15) is 0 Å². The number of hydrogen-bond acceptors (Lipinski definition) is 5. The van der Waals surface area contributed by atoms with E-state index in [-0.39, 0.29) is 29.3 Å². The van der Waals surface area contributed by atoms with E-state index in [1.807, 2.05) is 31.2 Å². The summed E-state index contributed by atoms with van der Waals surface area (Å²) < 4.78 is 7.05. The molecule has 7 heteroatoms. The summed E-state index contributed by atoms with van der Waals surface area (Å²) >= 11 is 1.30. The molecule has 2 aromatic heterocycles. The van der Waals surface area contributed by atoms with Crippen molar-refractivity contribution in [3.8, 4) is 0 Å². The van der Waals surface area contributed by atoms with Gasteiger partial charge in [0.25, 0.3) is 5.56 Å². The number of furan rings is 1. The topological polar surface area (TPSA) is 77.1 Å². The Morgan fingerprint density at radius 3 is 2.88 bits per heavy atom. The molecule has 2 heterocycles. The Morgan fingerprint density at radius 1 is 1.35 bits per heavy atom. The summed E-state index contributed by atoms with van der Waals surface area (Å²) in [7, 11) is 0. The van der Waals surface area contributed by atoms with Gasteiger partial charge in [-0.1, -0.05) is 23.9 Å². The molecule has 1 aliphatic rings. The zero-order chi connectivity index (χ0) is 18.1. The number of nitrogens with zero attached hydrogens (tertiary/aromatic N) is 2. The molecule has 1 saturated carbocycles. The summed E-state index contributed by atoms with van der Waals surface area (Å²) in [6.45, 7) is 1.87. The van der Waals surface area contributed by atoms with Gasteiger partial charge in [-0.15, -0.1) is 0 Å². The van der Waals surface area contributed by atoms with E-state index in [1.165, 1.54) is 11.8 Å². The van der Waals surface area contributed by atoms with Crippen molar-refractivity contribution < 1.29 is 9.21 Å². The lowest BCUT2D eigenvalue weighted by Gasteiger charge is -2.14. The highest BCUT2D eigenvalue weighted by Gasteiger charge is 2.28. The van der Waals surface area contributed by atoms with E-state index in [4.69, 9.17) is 4.42 Å². The van der Waals surface area contributed by atoms with Gasteiger partial charge in [-0.25, -0.2) is 4.98 Å². The first-order valence-corrected chi connectivity index (χ1v) is 9.59. The molecule has 1 fully saturated rings. The quantitative estimate of drug-likeness (QED) is 0.533. The maximum absolute atomic E-state index is 12.8. The fourth-order valence-electron chi connectivity index (χ4n) is 2.90. The molecule has 3 aromatic rings. The predicted molar refractivity (Wildman–Crippen MR) is 100 cm³/mol. The smallest absolute Gasteiger partial charge is 0.262 e. The molecule has 0 radical (unpaired) electrons. The second-order valence-corrected chi connectivity index (χ2v) is 7.35. The van der Waals surface area contributed by atoms with Crippen molar-refractivity contribution in [2.75, 3.05) is 5.75 Å². The van der Waals surface area contributed by atoms with Crippen molar-refractivity contribution in [1.29, 1.82) is 0 Å². The van der Waals surface area contributed by atoms with Crippen LogP contribution in [0.1, 0.15) is 37.6 Å². The van der Waals surface area contributed by atoms with Crippen LogP contribution in [-0.4, -0.2) is 21.2 Å². The van der Waals surface area contributed by atoms with Gasteiger partial charge in [0.2, 0.25) is 5.91 Å². The van der Waals surface area contributed by atoms with Crippen molar-refractivity contribution in [2.45, 2.75) is 37.0 Å². The van der Waals surface area contributed by atoms with Gasteiger partial charge in [0.15, 0.2) is 5.16 Å². The Bertz CT molecular complexity index is 993. The minimum atomic E-state index is -0.201. The van der Waals surface area contributed by atoms with E-state index in [1.54, 1.807) is 23.0 Å². The van der Waals surface area contributed by atoms with E-state index in [2.05, 4.69) is 10.3 Å². The zero-order valence-electron chi connectivity index (χ0n) is 14.3. The molecule has 1 aliphatic carbocycles. The van der Waals surface area contributed by atoms with Crippen LogP contribution in [0.15, 0.2) is 57.0 Å². The summed E-state index contributed by atoms with van der Waals surface area (Å²) in [5.41, 5.74) is 0.645. The van der Waals surface area contributed by atoms with E-state index >= 15 is 0 Å². The normalized spacial score (nSPS) is 15.1. The van der Waals surface area contributed by atoms with Crippen molar-refractivity contribution >= 4 is 28.6 Å². The van der Waals surface area contributed by atoms with Gasteiger partial charge >= 0.3 is 0 Å². The Hall–Kier alpha value is -2.54. The van der Waals surface area contributed by atoms with Gasteiger partial charge in [0.05, 0.1) is 29.0 Å². The van der Waals surface area contributed by atoms with E-state index in [0.717, 1.165) is 12.8 Å². The van der Waals surface area contributed by atoms with Crippen LogP contribution in [0, 0.1) is 0 Å². The SMILES string of the molecule is CC(NC(=O)CSc1nc2ccccc2c(=O)n1C1CC1)c1ccco1. The van der Waals surface area contributed by atoms with Crippen molar-refractivity contribution in [3.05, 3.63) is 58.8 Å². The van der Waals surface area contributed by atoms with Crippen LogP contribution in [0.4, 0.5) is 0 Å². The van der Waals surface area contributed by atoms with Gasteiger partial charge in [0.1, 0.15) is 5.76 Å². The Balaban J connectivity index is 1.52. The highest BCUT2D eigenvalue weighted by Crippen LogP contribution is 2.36. The summed E-state index contributed by atoms with van der Waals surface area (Å²) in [6, 6.07) is 11.0. The minimum absolute atomic E-state index is 0.0232. The molecular weight excluding hydrogens is 350 g/mol. The molecule has 0 bridgehead atoms. The fraction of sp³-hybridized carbons (Fsp3) is 0.316. The average Bonchev–Trinajstić information content (AvgIpc) is 3.31. The molecule has 1 amide bonds. The number of aromatic nitrogens is 2. The molecule has 1 N–H and O–H groups in total. The molecule has 1 aromatic carbocycles. The first-order valence-electron chi connectivity index (χ1n) is 8.60. The maximum atomic E-state index is 12.8. The number of rotatable bonds is 6. The van der Waals surface area contributed by atoms with Crippen LogP contribution in [-0.2, 0) is 4.79 Å². The highest BCUT2D eigenvalue weighted by atomic mass is 32.2. The van der Waals surface area contributed by atoms with Crippen molar-refractivity contribution in [1.82, 2.24) is 14.9 Å². The fourth-order valence-corrected chi connectivity index (χ4v) is 3.78. The lowest BCUT2D eigenvalue weighted by Crippen LogP contribution is -2.29. The second kappa shape index (κ2) is 6.99. The molecule has 0 spiro atoms. The molecule has 1 atom stereocenters. The zero-order valence-corrected chi connectivity index (χ0v) is 15.2. The Labute approximate surface area is 154 Å². The summed E-state index contributed by atoms with van der Waals surface area (Å²) in [4.78, 5) is 29.7. The number of carbonyl (C=O) groups excluding carboxylic acids is 1. The van der Waals surface area contributed by atoms with Crippen LogP contribution < -0.4 is 10.9 Å². The number of nitrogens with one attached hydrogen (secondary N) is 1. The van der Waals surface area contributed by atoms with Crippen LogP contribution >= 0.6 is 11.8 Å². The third-order valence-electron chi connectivity index (χ3n) is 4.37. The molecule has 134 valence electrons. The number of benzene rings is 1. The first kappa shape index (κ1) is 16.9. The van der Waals surface area contributed by atoms with Crippen LogP contribution in [0.3, 0.4) is 0 Å². The van der Waals surface area contributed by atoms with Gasteiger partial charge < -0.3 is 9.73 Å². The molecule has 1 unspecified atom stereocenters. The Kier molecular flexibility index (Phi) is 4.55. The third kappa shape index (κ3) is 3.39. The lowest BCUT2D eigenvalue weighted by atomic mass is 10.2. The number of hydrogen-bond donors (Lipinski definition) is 1. The molecular formula is C19H19N3O3S. The average molecular weight is 369 g/mol. The number of fused-ring (bicyclic) bond motifs is 1. The minimum Gasteiger partial charge on any atom is -0.467 e. The summed E-state index contributed by atoms with van der Waals surface area (Å²) in [5.74, 6) is 0.786. The Morgan fingerprint density at radius 2 is 2.15 bits per heavy atom. The monoisotopic (exact) mass is 369 g/mol. The van der Waals surface area contributed by atoms with Crippen molar-refractivity contribution in [3.63, 3.8) is 0 Å².